The van der Waals surface area contributed by atoms with Crippen molar-refractivity contribution >= 4 is 81.3 Å². The standard InChI is InChI=1S/C58H37NOS/c1-3-11-38(12-4-1)40-19-23-42(24-20-40)44-27-31-47(32-28-44)59(48-33-29-45(30-34-48)43-25-21-41(22-26-43)39-13-5-2-6-14-39)57-49-16-8-7-15-46(49)37-54-55(57)56-53(61-54)36-35-51-50-17-9-10-18-52(50)60-58(51)56/h1-37H. The van der Waals surface area contributed by atoms with E-state index in [0.717, 1.165) is 44.4 Å². The van der Waals surface area contributed by atoms with Gasteiger partial charge in [-0.1, -0.05) is 176 Å². The zero-order chi connectivity index (χ0) is 40.3. The van der Waals surface area contributed by atoms with Crippen molar-refractivity contribution in [2.45, 2.75) is 0 Å². The summed E-state index contributed by atoms with van der Waals surface area (Å²) < 4.78 is 9.22. The van der Waals surface area contributed by atoms with E-state index in [9.17, 15) is 0 Å². The number of benzene rings is 10. The van der Waals surface area contributed by atoms with Gasteiger partial charge in [0.25, 0.3) is 0 Å². The molecule has 61 heavy (non-hydrogen) atoms. The molecule has 0 aliphatic heterocycles. The third kappa shape index (κ3) is 6.09. The zero-order valence-electron chi connectivity index (χ0n) is 33.1. The van der Waals surface area contributed by atoms with Gasteiger partial charge in [-0.3, -0.25) is 0 Å². The normalized spacial score (nSPS) is 11.6. The first-order chi connectivity index (χ1) is 30.2. The Morgan fingerprint density at radius 2 is 0.770 bits per heavy atom. The van der Waals surface area contributed by atoms with E-state index in [1.807, 2.05) is 11.3 Å². The lowest BCUT2D eigenvalue weighted by Crippen LogP contribution is -2.11. The Balaban J connectivity index is 1.04. The smallest absolute Gasteiger partial charge is 0.144 e. The fraction of sp³-hybridized carbons (Fsp3) is 0. The summed E-state index contributed by atoms with van der Waals surface area (Å²) in [6, 6.07) is 81.1. The van der Waals surface area contributed by atoms with Gasteiger partial charge in [-0.15, -0.1) is 11.3 Å². The number of para-hydroxylation sites is 1. The molecule has 0 saturated carbocycles. The summed E-state index contributed by atoms with van der Waals surface area (Å²) in [6.45, 7) is 0. The summed E-state index contributed by atoms with van der Waals surface area (Å²) in [6.07, 6.45) is 0. The molecule has 0 N–H and O–H groups in total. The minimum atomic E-state index is 0.906. The van der Waals surface area contributed by atoms with Crippen molar-refractivity contribution in [3.05, 3.63) is 224 Å². The van der Waals surface area contributed by atoms with Crippen molar-refractivity contribution in [1.29, 1.82) is 0 Å². The summed E-state index contributed by atoms with van der Waals surface area (Å²) in [4.78, 5) is 2.46. The van der Waals surface area contributed by atoms with Crippen LogP contribution in [0.5, 0.6) is 0 Å². The van der Waals surface area contributed by atoms with Crippen LogP contribution in [-0.2, 0) is 0 Å². The number of furan rings is 1. The highest BCUT2D eigenvalue weighted by Gasteiger charge is 2.24. The van der Waals surface area contributed by atoms with Crippen LogP contribution in [0.4, 0.5) is 17.1 Å². The molecule has 3 heteroatoms. The molecule has 2 nitrogen and oxygen atoms in total. The summed E-state index contributed by atoms with van der Waals surface area (Å²) in [7, 11) is 0. The van der Waals surface area contributed by atoms with Crippen LogP contribution in [0, 0.1) is 0 Å². The maximum absolute atomic E-state index is 6.78. The van der Waals surface area contributed by atoms with Gasteiger partial charge in [-0.25, -0.2) is 0 Å². The molecule has 0 amide bonds. The monoisotopic (exact) mass is 795 g/mol. The second-order valence-electron chi connectivity index (χ2n) is 15.7. The van der Waals surface area contributed by atoms with Crippen molar-refractivity contribution in [3.8, 4) is 44.5 Å². The molecular weight excluding hydrogens is 759 g/mol. The van der Waals surface area contributed by atoms with Crippen molar-refractivity contribution in [1.82, 2.24) is 0 Å². The highest BCUT2D eigenvalue weighted by Crippen LogP contribution is 2.51. The van der Waals surface area contributed by atoms with Gasteiger partial charge in [-0.2, -0.15) is 0 Å². The van der Waals surface area contributed by atoms with Gasteiger partial charge in [-0.05, 0) is 98.4 Å². The Bertz CT molecular complexity index is 3400. The van der Waals surface area contributed by atoms with E-state index in [-0.39, 0.29) is 0 Å². The Hall–Kier alpha value is -7.72. The SMILES string of the molecule is c1ccc(-c2ccc(-c3ccc(N(c4ccc(-c5ccc(-c6ccccc6)cc5)cc4)c4c5ccccc5cc5sc6ccc7c8ccccc8oc7c6c45)cc3)cc2)cc1. The van der Waals surface area contributed by atoms with Crippen LogP contribution in [0.25, 0.3) is 97.4 Å². The molecule has 0 fully saturated rings. The molecule has 0 aliphatic rings. The zero-order valence-corrected chi connectivity index (χ0v) is 33.9. The van der Waals surface area contributed by atoms with E-state index in [2.05, 4.69) is 229 Å². The second kappa shape index (κ2) is 14.5. The number of hydrogen-bond acceptors (Lipinski definition) is 3. The fourth-order valence-electron chi connectivity index (χ4n) is 9.05. The average Bonchev–Trinajstić information content (AvgIpc) is 3.91. The third-order valence-corrected chi connectivity index (χ3v) is 13.2. The van der Waals surface area contributed by atoms with Crippen LogP contribution in [0.2, 0.25) is 0 Å². The number of anilines is 3. The largest absolute Gasteiger partial charge is 0.455 e. The predicted octanol–water partition coefficient (Wildman–Crippen LogP) is 17.2. The van der Waals surface area contributed by atoms with Crippen molar-refractivity contribution < 1.29 is 4.42 Å². The first-order valence-corrected chi connectivity index (χ1v) is 21.6. The Morgan fingerprint density at radius 3 is 1.31 bits per heavy atom. The Morgan fingerprint density at radius 1 is 0.328 bits per heavy atom. The summed E-state index contributed by atoms with van der Waals surface area (Å²) >= 11 is 1.83. The number of rotatable bonds is 7. The molecule has 0 radical (unpaired) electrons. The second-order valence-corrected chi connectivity index (χ2v) is 16.7. The highest BCUT2D eigenvalue weighted by atomic mass is 32.1. The average molecular weight is 796 g/mol. The molecule has 0 atom stereocenters. The topological polar surface area (TPSA) is 16.4 Å². The molecule has 286 valence electrons. The molecule has 0 unspecified atom stereocenters. The summed E-state index contributed by atoms with van der Waals surface area (Å²) in [5.74, 6) is 0. The molecule has 12 rings (SSSR count). The molecule has 0 spiro atoms. The maximum Gasteiger partial charge on any atom is 0.144 e. The number of thiophene rings is 1. The van der Waals surface area contributed by atoms with Gasteiger partial charge in [0, 0.05) is 47.7 Å². The molecule has 0 aliphatic carbocycles. The van der Waals surface area contributed by atoms with Crippen LogP contribution >= 0.6 is 11.3 Å². The first-order valence-electron chi connectivity index (χ1n) is 20.7. The Kier molecular flexibility index (Phi) is 8.39. The molecule has 0 saturated heterocycles. The van der Waals surface area contributed by atoms with Crippen molar-refractivity contribution in [2.24, 2.45) is 0 Å². The summed E-state index contributed by atoms with van der Waals surface area (Å²) in [5.41, 5.74) is 14.7. The minimum Gasteiger partial charge on any atom is -0.455 e. The number of hydrogen-bond donors (Lipinski definition) is 0. The molecule has 2 aromatic heterocycles. The lowest BCUT2D eigenvalue weighted by atomic mass is 9.98. The molecule has 2 heterocycles. The van der Waals surface area contributed by atoms with E-state index in [1.165, 1.54) is 70.1 Å². The van der Waals surface area contributed by atoms with E-state index in [4.69, 9.17) is 4.42 Å². The van der Waals surface area contributed by atoms with Gasteiger partial charge in [0.2, 0.25) is 0 Å². The van der Waals surface area contributed by atoms with E-state index in [1.54, 1.807) is 0 Å². The van der Waals surface area contributed by atoms with Gasteiger partial charge in [0.05, 0.1) is 5.69 Å². The molecular formula is C58H37NOS. The third-order valence-electron chi connectivity index (χ3n) is 12.1. The number of nitrogens with zero attached hydrogens (tertiary/aromatic N) is 1. The van der Waals surface area contributed by atoms with Crippen molar-refractivity contribution in [2.75, 3.05) is 4.90 Å². The number of fused-ring (bicyclic) bond motifs is 8. The Labute approximate surface area is 357 Å². The van der Waals surface area contributed by atoms with Crippen LogP contribution in [-0.4, -0.2) is 0 Å². The van der Waals surface area contributed by atoms with E-state index < -0.39 is 0 Å². The minimum absolute atomic E-state index is 0.906. The van der Waals surface area contributed by atoms with Gasteiger partial charge < -0.3 is 9.32 Å². The van der Waals surface area contributed by atoms with Crippen LogP contribution in [0.15, 0.2) is 229 Å². The van der Waals surface area contributed by atoms with Crippen LogP contribution in [0.1, 0.15) is 0 Å². The lowest BCUT2D eigenvalue weighted by molar-refractivity contribution is 0.673. The highest BCUT2D eigenvalue weighted by molar-refractivity contribution is 7.26. The molecule has 12 aromatic rings. The van der Waals surface area contributed by atoms with Crippen LogP contribution in [0.3, 0.4) is 0 Å². The summed E-state index contributed by atoms with van der Waals surface area (Å²) in [5, 5.41) is 7.02. The molecule has 0 bridgehead atoms. The lowest BCUT2D eigenvalue weighted by Gasteiger charge is -2.28. The first kappa shape index (κ1) is 35.2. The maximum atomic E-state index is 6.78. The van der Waals surface area contributed by atoms with Gasteiger partial charge >= 0.3 is 0 Å². The quantitative estimate of drug-likeness (QED) is 0.160. The predicted molar refractivity (Wildman–Crippen MR) is 261 cm³/mol. The van der Waals surface area contributed by atoms with Crippen molar-refractivity contribution in [3.63, 3.8) is 0 Å². The van der Waals surface area contributed by atoms with E-state index in [0.29, 0.717) is 0 Å². The molecule has 10 aromatic carbocycles. The van der Waals surface area contributed by atoms with Gasteiger partial charge in [0.15, 0.2) is 0 Å². The van der Waals surface area contributed by atoms with Crippen LogP contribution < -0.4 is 4.90 Å². The fourth-order valence-corrected chi connectivity index (χ4v) is 10.2. The van der Waals surface area contributed by atoms with Gasteiger partial charge in [0.1, 0.15) is 11.2 Å². The van der Waals surface area contributed by atoms with E-state index >= 15 is 0 Å².